The van der Waals surface area contributed by atoms with E-state index in [1.165, 1.54) is 13.4 Å². The Morgan fingerprint density at radius 3 is 2.78 bits per heavy atom. The smallest absolute Gasteiger partial charge is 0.417 e. The first-order chi connectivity index (χ1) is 13.2. The zero-order valence-corrected chi connectivity index (χ0v) is 14.3. The molecule has 7 heteroatoms. The molecular formula is C20H15NO6. The van der Waals surface area contributed by atoms with Gasteiger partial charge in [0.05, 0.1) is 30.7 Å². The maximum atomic E-state index is 12.3. The number of furan rings is 1. The summed E-state index contributed by atoms with van der Waals surface area (Å²) in [6.07, 6.45) is 3.87. The van der Waals surface area contributed by atoms with Crippen molar-refractivity contribution in [3.05, 3.63) is 78.2 Å². The van der Waals surface area contributed by atoms with Crippen LogP contribution in [0.3, 0.4) is 0 Å². The van der Waals surface area contributed by atoms with Crippen LogP contribution < -0.4 is 14.8 Å². The number of benzene rings is 1. The Morgan fingerprint density at radius 2 is 1.89 bits per heavy atom. The van der Waals surface area contributed by atoms with Gasteiger partial charge >= 0.3 is 6.09 Å². The molecule has 0 radical (unpaired) electrons. The van der Waals surface area contributed by atoms with Crippen LogP contribution in [-0.4, -0.2) is 13.2 Å². The van der Waals surface area contributed by atoms with Gasteiger partial charge in [-0.1, -0.05) is 12.1 Å². The second-order valence-corrected chi connectivity index (χ2v) is 5.51. The van der Waals surface area contributed by atoms with Gasteiger partial charge in [-0.3, -0.25) is 5.32 Å². The van der Waals surface area contributed by atoms with Crippen molar-refractivity contribution in [1.29, 1.82) is 0 Å². The van der Waals surface area contributed by atoms with Crippen molar-refractivity contribution in [3.8, 4) is 11.5 Å². The Hall–Kier alpha value is -3.87. The summed E-state index contributed by atoms with van der Waals surface area (Å²) in [6.45, 7) is 0. The standard InChI is InChI=1S/C20H15NO6/c1-23-15-6-3-2-5-14(15)21-20(22)27-16-7-4-9-24-12-13-8-10-25-17(13)11-18-19(16)26-18/h2-12H,1H3,(H,21,22). The first kappa shape index (κ1) is 16.6. The van der Waals surface area contributed by atoms with Crippen LogP contribution in [0.2, 0.25) is 0 Å². The maximum absolute atomic E-state index is 12.3. The van der Waals surface area contributed by atoms with Crippen LogP contribution in [0, 0.1) is 10.8 Å². The average molecular weight is 365 g/mol. The Balaban J connectivity index is 1.67. The van der Waals surface area contributed by atoms with Crippen LogP contribution in [0.1, 0.15) is 0 Å². The van der Waals surface area contributed by atoms with Gasteiger partial charge in [0.15, 0.2) is 11.2 Å². The van der Waals surface area contributed by atoms with Gasteiger partial charge in [-0.05, 0) is 30.3 Å². The molecule has 0 saturated heterocycles. The Labute approximate surface area is 153 Å². The zero-order chi connectivity index (χ0) is 18.6. The molecule has 1 aromatic carbocycles. The predicted octanol–water partition coefficient (Wildman–Crippen LogP) is 5.09. The Bertz CT molecular complexity index is 1200. The number of hydrogen-bond donors (Lipinski definition) is 1. The van der Waals surface area contributed by atoms with Gasteiger partial charge in [-0.25, -0.2) is 4.79 Å². The van der Waals surface area contributed by atoms with Gasteiger partial charge < -0.3 is 22.7 Å². The molecular weight excluding hydrogens is 350 g/mol. The molecule has 2 aromatic rings. The van der Waals surface area contributed by atoms with Crippen LogP contribution in [0.5, 0.6) is 11.5 Å². The molecule has 0 atom stereocenters. The van der Waals surface area contributed by atoms with Gasteiger partial charge in [0.1, 0.15) is 17.6 Å². The van der Waals surface area contributed by atoms with Crippen LogP contribution in [0.25, 0.3) is 11.0 Å². The lowest BCUT2D eigenvalue weighted by atomic mass is 10.3. The number of nitrogens with one attached hydrogen (secondary N) is 1. The summed E-state index contributed by atoms with van der Waals surface area (Å²) >= 11 is 0. The van der Waals surface area contributed by atoms with Gasteiger partial charge in [0, 0.05) is 6.07 Å². The van der Waals surface area contributed by atoms with Crippen molar-refractivity contribution in [2.45, 2.75) is 0 Å². The van der Waals surface area contributed by atoms with E-state index in [1.54, 1.807) is 61.1 Å². The number of para-hydroxylation sites is 2. The topological polar surface area (TPSA) is 87.0 Å². The third-order valence-corrected chi connectivity index (χ3v) is 3.75. The molecule has 1 aromatic heterocycles. The maximum Gasteiger partial charge on any atom is 0.417 e. The lowest BCUT2D eigenvalue weighted by molar-refractivity contribution is 0.214. The van der Waals surface area contributed by atoms with Crippen molar-refractivity contribution >= 4 is 22.7 Å². The molecule has 0 saturated carbocycles. The molecule has 0 aliphatic carbocycles. The van der Waals surface area contributed by atoms with Gasteiger partial charge in [0.25, 0.3) is 0 Å². The highest BCUT2D eigenvalue weighted by atomic mass is 16.6. The normalized spacial score (nSPS) is 10.6. The summed E-state index contributed by atoms with van der Waals surface area (Å²) in [5, 5.41) is 3.40. The van der Waals surface area contributed by atoms with E-state index >= 15 is 0 Å². The molecule has 2 aliphatic rings. The summed E-state index contributed by atoms with van der Waals surface area (Å²) in [7, 11) is 1.52. The fourth-order valence-electron chi connectivity index (χ4n) is 2.44. The largest absolute Gasteiger partial charge is 0.495 e. The fraction of sp³-hybridized carbons (Fsp3) is 0.0500. The SMILES string of the molecule is COc1ccccc1NC(=O)Oc1cccocc2ccoc2cc2oc1=2. The van der Waals surface area contributed by atoms with E-state index in [1.807, 2.05) is 0 Å². The minimum Gasteiger partial charge on any atom is -0.495 e. The van der Waals surface area contributed by atoms with E-state index in [4.69, 9.17) is 22.7 Å². The molecule has 2 aliphatic heterocycles. The number of amides is 1. The van der Waals surface area contributed by atoms with Gasteiger partial charge in [-0.15, -0.1) is 0 Å². The van der Waals surface area contributed by atoms with Crippen LogP contribution in [0.4, 0.5) is 10.5 Å². The molecule has 1 amide bonds. The molecule has 0 spiro atoms. The van der Waals surface area contributed by atoms with E-state index in [2.05, 4.69) is 5.32 Å². The molecule has 0 fully saturated rings. The van der Waals surface area contributed by atoms with Gasteiger partial charge in [0.2, 0.25) is 5.42 Å². The highest BCUT2D eigenvalue weighted by Crippen LogP contribution is 2.25. The first-order valence-corrected chi connectivity index (χ1v) is 8.06. The van der Waals surface area contributed by atoms with Crippen molar-refractivity contribution in [2.75, 3.05) is 12.4 Å². The monoisotopic (exact) mass is 365 g/mol. The Morgan fingerprint density at radius 1 is 1.04 bits per heavy atom. The number of ether oxygens (including phenoxy) is 2. The first-order valence-electron chi connectivity index (χ1n) is 8.06. The molecule has 27 heavy (non-hydrogen) atoms. The molecule has 3 heterocycles. The summed E-state index contributed by atoms with van der Waals surface area (Å²) in [4.78, 5) is 12.3. The number of rotatable bonds is 3. The van der Waals surface area contributed by atoms with Crippen molar-refractivity contribution in [1.82, 2.24) is 0 Å². The van der Waals surface area contributed by atoms with Crippen LogP contribution in [-0.2, 0) is 0 Å². The molecule has 136 valence electrons. The third-order valence-electron chi connectivity index (χ3n) is 3.75. The number of fused-ring (bicyclic) bond motifs is 1. The van der Waals surface area contributed by atoms with E-state index in [0.717, 1.165) is 5.39 Å². The highest BCUT2D eigenvalue weighted by Gasteiger charge is 2.13. The fourth-order valence-corrected chi connectivity index (χ4v) is 2.44. The van der Waals surface area contributed by atoms with Gasteiger partial charge in [-0.2, -0.15) is 0 Å². The second-order valence-electron chi connectivity index (χ2n) is 5.51. The number of anilines is 1. The van der Waals surface area contributed by atoms with Crippen LogP contribution >= 0.6 is 0 Å². The summed E-state index contributed by atoms with van der Waals surface area (Å²) < 4.78 is 26.8. The van der Waals surface area contributed by atoms with Crippen molar-refractivity contribution in [3.63, 3.8) is 0 Å². The summed E-state index contributed by atoms with van der Waals surface area (Å²) in [5.74, 6) is 0.763. The molecule has 0 bridgehead atoms. The van der Waals surface area contributed by atoms with E-state index in [9.17, 15) is 4.79 Å². The Kier molecular flexibility index (Phi) is 4.40. The summed E-state index contributed by atoms with van der Waals surface area (Å²) in [5.41, 5.74) is 2.06. The molecule has 7 nitrogen and oxygen atoms in total. The molecule has 0 unspecified atom stereocenters. The number of carbonyl (C=O) groups excluding carboxylic acids is 1. The third kappa shape index (κ3) is 3.72. The minimum atomic E-state index is -0.678. The second kappa shape index (κ2) is 7.17. The molecule has 4 rings (SSSR count). The van der Waals surface area contributed by atoms with E-state index < -0.39 is 6.09 Å². The van der Waals surface area contributed by atoms with Crippen molar-refractivity contribution < 1.29 is 27.5 Å². The summed E-state index contributed by atoms with van der Waals surface area (Å²) in [6, 6.07) is 13.7. The number of carbonyl (C=O) groups is 1. The number of methoxy groups -OCH3 is 1. The lowest BCUT2D eigenvalue weighted by Gasteiger charge is -2.09. The van der Waals surface area contributed by atoms with Crippen LogP contribution in [0.15, 0.2) is 80.6 Å². The predicted molar refractivity (Wildman–Crippen MR) is 96.3 cm³/mol. The number of hydrogen-bond acceptors (Lipinski definition) is 6. The zero-order valence-electron chi connectivity index (χ0n) is 14.3. The van der Waals surface area contributed by atoms with Crippen molar-refractivity contribution in [2.24, 2.45) is 0 Å². The highest BCUT2D eigenvalue weighted by molar-refractivity contribution is 5.88. The lowest BCUT2D eigenvalue weighted by Crippen LogP contribution is -2.17. The molecule has 1 N–H and O–H groups in total. The van der Waals surface area contributed by atoms with E-state index in [-0.39, 0.29) is 5.75 Å². The minimum absolute atomic E-state index is 0.239. The van der Waals surface area contributed by atoms with E-state index in [0.29, 0.717) is 27.9 Å². The quantitative estimate of drug-likeness (QED) is 0.544. The average Bonchev–Trinajstić information content (AvgIpc) is 3.30.